The maximum atomic E-state index is 12.9. The maximum absolute atomic E-state index is 12.9. The van der Waals surface area contributed by atoms with Crippen molar-refractivity contribution in [3.8, 4) is 0 Å². The molecule has 21 heavy (non-hydrogen) atoms. The number of anilines is 1. The maximum Gasteiger partial charge on any atom is 0.270 e. The highest BCUT2D eigenvalue weighted by Gasteiger charge is 2.50. The van der Waals surface area contributed by atoms with Crippen molar-refractivity contribution in [1.82, 2.24) is 9.47 Å². The fourth-order valence-corrected chi connectivity index (χ4v) is 5.65. The van der Waals surface area contributed by atoms with Crippen LogP contribution in [-0.4, -0.2) is 28.5 Å². The van der Waals surface area contributed by atoms with E-state index in [9.17, 15) is 4.79 Å². The van der Waals surface area contributed by atoms with Gasteiger partial charge in [0.1, 0.15) is 5.69 Å². The first-order chi connectivity index (χ1) is 10.0. The van der Waals surface area contributed by atoms with Crippen molar-refractivity contribution in [3.63, 3.8) is 0 Å². The highest BCUT2D eigenvalue weighted by Crippen LogP contribution is 2.55. The van der Waals surface area contributed by atoms with Crippen LogP contribution in [0.2, 0.25) is 0 Å². The molecule has 5 rings (SSSR count). The lowest BCUT2D eigenvalue weighted by Crippen LogP contribution is -2.56. The molecule has 1 amide bonds. The summed E-state index contributed by atoms with van der Waals surface area (Å²) in [4.78, 5) is 14.9. The molecule has 2 N–H and O–H groups in total. The largest absolute Gasteiger partial charge is 0.397 e. The minimum atomic E-state index is 0.131. The van der Waals surface area contributed by atoms with Gasteiger partial charge in [0.15, 0.2) is 0 Å². The zero-order chi connectivity index (χ0) is 14.7. The molecule has 0 atom stereocenters. The third-order valence-electron chi connectivity index (χ3n) is 6.19. The van der Waals surface area contributed by atoms with Gasteiger partial charge in [0.25, 0.3) is 5.91 Å². The van der Waals surface area contributed by atoms with E-state index in [1.54, 1.807) is 6.07 Å². The normalized spacial score (nSPS) is 37.0. The second-order valence-corrected chi connectivity index (χ2v) is 7.61. The summed E-state index contributed by atoms with van der Waals surface area (Å²) in [5, 5.41) is 0. The van der Waals surface area contributed by atoms with Gasteiger partial charge >= 0.3 is 0 Å². The molecule has 1 heterocycles. The van der Waals surface area contributed by atoms with Gasteiger partial charge in [0.2, 0.25) is 0 Å². The molecular formula is C17H25N3O. The van der Waals surface area contributed by atoms with Gasteiger partial charge in [-0.15, -0.1) is 0 Å². The molecule has 1 aromatic rings. The van der Waals surface area contributed by atoms with Gasteiger partial charge in [0, 0.05) is 26.3 Å². The predicted molar refractivity (Wildman–Crippen MR) is 82.8 cm³/mol. The molecule has 0 radical (unpaired) electrons. The molecule has 0 unspecified atom stereocenters. The molecule has 4 fully saturated rings. The Morgan fingerprint density at radius 2 is 1.76 bits per heavy atom. The number of hydrogen-bond acceptors (Lipinski definition) is 2. The van der Waals surface area contributed by atoms with Crippen LogP contribution in [0.4, 0.5) is 5.69 Å². The number of aryl methyl sites for hydroxylation is 1. The molecule has 4 saturated carbocycles. The summed E-state index contributed by atoms with van der Waals surface area (Å²) in [6, 6.07) is 2.25. The number of carbonyl (C=O) groups is 1. The summed E-state index contributed by atoms with van der Waals surface area (Å²) in [5.41, 5.74) is 7.20. The first kappa shape index (κ1) is 13.2. The van der Waals surface area contributed by atoms with Crippen LogP contribution < -0.4 is 5.73 Å². The molecule has 4 heteroatoms. The number of rotatable bonds is 2. The summed E-state index contributed by atoms with van der Waals surface area (Å²) in [6.07, 6.45) is 8.62. The zero-order valence-electron chi connectivity index (χ0n) is 13.0. The monoisotopic (exact) mass is 287 g/mol. The zero-order valence-corrected chi connectivity index (χ0v) is 13.0. The number of amides is 1. The molecule has 4 aliphatic rings. The van der Waals surface area contributed by atoms with E-state index in [1.807, 2.05) is 29.8 Å². The van der Waals surface area contributed by atoms with Crippen molar-refractivity contribution in [2.45, 2.75) is 38.1 Å². The summed E-state index contributed by atoms with van der Waals surface area (Å²) in [6.45, 7) is 0. The Morgan fingerprint density at radius 1 is 1.19 bits per heavy atom. The molecule has 0 aliphatic heterocycles. The van der Waals surface area contributed by atoms with E-state index < -0.39 is 0 Å². The van der Waals surface area contributed by atoms with E-state index >= 15 is 0 Å². The molecule has 0 saturated heterocycles. The third kappa shape index (κ3) is 1.99. The Bertz CT molecular complexity index is 549. The summed E-state index contributed by atoms with van der Waals surface area (Å²) >= 11 is 0. The van der Waals surface area contributed by atoms with Crippen LogP contribution in [0.15, 0.2) is 12.3 Å². The van der Waals surface area contributed by atoms with E-state index in [0.29, 0.717) is 17.4 Å². The van der Waals surface area contributed by atoms with E-state index in [4.69, 9.17) is 5.73 Å². The number of nitrogens with two attached hydrogens (primary N) is 1. The van der Waals surface area contributed by atoms with E-state index in [-0.39, 0.29) is 5.91 Å². The van der Waals surface area contributed by atoms with Crippen LogP contribution in [-0.2, 0) is 7.05 Å². The topological polar surface area (TPSA) is 51.3 Å². The van der Waals surface area contributed by atoms with E-state index in [0.717, 1.165) is 23.7 Å². The Labute approximate surface area is 126 Å². The lowest BCUT2D eigenvalue weighted by atomic mass is 9.54. The highest BCUT2D eigenvalue weighted by molar-refractivity contribution is 5.94. The number of nitrogen functional groups attached to an aromatic ring is 1. The minimum Gasteiger partial charge on any atom is -0.397 e. The average molecular weight is 287 g/mol. The SMILES string of the molecule is CN(C(=O)c1cc(N)cn1C)C1C2CC3CC(C2)CC1C3. The molecule has 4 nitrogen and oxygen atoms in total. The van der Waals surface area contributed by atoms with Gasteiger partial charge in [-0.2, -0.15) is 0 Å². The van der Waals surface area contributed by atoms with Crippen LogP contribution in [0.3, 0.4) is 0 Å². The fourth-order valence-electron chi connectivity index (χ4n) is 5.65. The van der Waals surface area contributed by atoms with Crippen LogP contribution in [0.25, 0.3) is 0 Å². The van der Waals surface area contributed by atoms with Gasteiger partial charge in [-0.05, 0) is 61.8 Å². The van der Waals surface area contributed by atoms with Crippen molar-refractivity contribution >= 4 is 11.6 Å². The van der Waals surface area contributed by atoms with Crippen LogP contribution in [0.5, 0.6) is 0 Å². The molecule has 1 aromatic heterocycles. The average Bonchev–Trinajstić information content (AvgIpc) is 2.75. The standard InChI is InChI=1S/C17H25N3O/c1-19-9-14(18)8-15(19)17(21)20(2)16-12-4-10-3-11(6-12)7-13(16)5-10/h8-13,16H,3-7,18H2,1-2H3. The number of aromatic nitrogens is 1. The predicted octanol–water partition coefficient (Wildman–Crippen LogP) is 2.50. The Kier molecular flexibility index (Phi) is 2.85. The lowest BCUT2D eigenvalue weighted by molar-refractivity contribution is -0.0493. The Morgan fingerprint density at radius 3 is 2.24 bits per heavy atom. The Balaban J connectivity index is 1.58. The molecule has 4 aliphatic carbocycles. The van der Waals surface area contributed by atoms with Gasteiger partial charge < -0.3 is 15.2 Å². The molecule has 0 spiro atoms. The molecule has 4 bridgehead atoms. The van der Waals surface area contributed by atoms with Gasteiger partial charge in [-0.25, -0.2) is 0 Å². The second-order valence-electron chi connectivity index (χ2n) is 7.61. The summed E-state index contributed by atoms with van der Waals surface area (Å²) in [7, 11) is 3.90. The molecule has 114 valence electrons. The highest BCUT2D eigenvalue weighted by atomic mass is 16.2. The van der Waals surface area contributed by atoms with Crippen molar-refractivity contribution in [2.24, 2.45) is 30.7 Å². The quantitative estimate of drug-likeness (QED) is 0.908. The van der Waals surface area contributed by atoms with E-state index in [1.165, 1.54) is 32.1 Å². The smallest absolute Gasteiger partial charge is 0.270 e. The first-order valence-corrected chi connectivity index (χ1v) is 8.22. The number of hydrogen-bond donors (Lipinski definition) is 1. The summed E-state index contributed by atoms with van der Waals surface area (Å²) < 4.78 is 1.85. The first-order valence-electron chi connectivity index (χ1n) is 8.22. The minimum absolute atomic E-state index is 0.131. The molecular weight excluding hydrogens is 262 g/mol. The van der Waals surface area contributed by atoms with Gasteiger partial charge in [-0.1, -0.05) is 0 Å². The number of carbonyl (C=O) groups excluding carboxylic acids is 1. The molecule has 0 aromatic carbocycles. The third-order valence-corrected chi connectivity index (χ3v) is 6.19. The Hall–Kier alpha value is -1.45. The van der Waals surface area contributed by atoms with Gasteiger partial charge in [0.05, 0.1) is 5.69 Å². The van der Waals surface area contributed by atoms with Crippen LogP contribution >= 0.6 is 0 Å². The van der Waals surface area contributed by atoms with Crippen molar-refractivity contribution in [3.05, 3.63) is 18.0 Å². The van der Waals surface area contributed by atoms with Crippen molar-refractivity contribution < 1.29 is 4.79 Å². The number of nitrogens with zero attached hydrogens (tertiary/aromatic N) is 2. The lowest BCUT2D eigenvalue weighted by Gasteiger charge is -2.56. The van der Waals surface area contributed by atoms with Crippen molar-refractivity contribution in [1.29, 1.82) is 0 Å². The second kappa shape index (κ2) is 4.52. The van der Waals surface area contributed by atoms with Gasteiger partial charge in [-0.3, -0.25) is 4.79 Å². The van der Waals surface area contributed by atoms with Crippen molar-refractivity contribution in [2.75, 3.05) is 12.8 Å². The summed E-state index contributed by atoms with van der Waals surface area (Å²) in [5.74, 6) is 3.48. The fraction of sp³-hybridized carbons (Fsp3) is 0.706. The van der Waals surface area contributed by atoms with Crippen LogP contribution in [0.1, 0.15) is 42.6 Å². The van der Waals surface area contributed by atoms with Crippen LogP contribution in [0, 0.1) is 23.7 Å². The van der Waals surface area contributed by atoms with E-state index in [2.05, 4.69) is 0 Å².